The minimum absolute atomic E-state index is 0.505. The number of piperazine rings is 1. The number of hydrogen-bond donors (Lipinski definition) is 2. The predicted octanol–water partition coefficient (Wildman–Crippen LogP) is -1.28. The van der Waals surface area contributed by atoms with Gasteiger partial charge in [0.25, 0.3) is 0 Å². The molecule has 3 N–H and O–H groups in total. The van der Waals surface area contributed by atoms with E-state index in [1.165, 1.54) is 5.12 Å². The average molecular weight is 210 g/mol. The lowest BCUT2D eigenvalue weighted by molar-refractivity contribution is 0.169. The van der Waals surface area contributed by atoms with Crippen LogP contribution >= 0.6 is 0 Å². The summed E-state index contributed by atoms with van der Waals surface area (Å²) in [5, 5.41) is 6.49. The van der Waals surface area contributed by atoms with Gasteiger partial charge in [0.1, 0.15) is 6.33 Å². The molecule has 82 valence electrons. The van der Waals surface area contributed by atoms with Crippen LogP contribution in [-0.2, 0) is 0 Å². The molecule has 1 fully saturated rings. The molecule has 0 radical (unpaired) electrons. The molecule has 1 aromatic heterocycles. The van der Waals surface area contributed by atoms with E-state index in [0.717, 1.165) is 26.2 Å². The molecular weight excluding hydrogens is 196 g/mol. The third-order valence-corrected chi connectivity index (χ3v) is 2.27. The molecule has 0 aromatic carbocycles. The van der Waals surface area contributed by atoms with Crippen molar-refractivity contribution in [2.24, 2.45) is 5.73 Å². The van der Waals surface area contributed by atoms with Crippen molar-refractivity contribution in [1.29, 1.82) is 0 Å². The van der Waals surface area contributed by atoms with Crippen LogP contribution in [0.1, 0.15) is 0 Å². The second-order valence-corrected chi connectivity index (χ2v) is 3.27. The molecule has 1 aliphatic rings. The van der Waals surface area contributed by atoms with Crippen molar-refractivity contribution in [3.63, 3.8) is 0 Å². The van der Waals surface area contributed by atoms with Crippen LogP contribution in [0.3, 0.4) is 0 Å². The number of imidazole rings is 1. The van der Waals surface area contributed by atoms with Gasteiger partial charge in [0, 0.05) is 38.6 Å². The number of primary amides is 1. The van der Waals surface area contributed by atoms with E-state index >= 15 is 0 Å². The third kappa shape index (κ3) is 2.08. The van der Waals surface area contributed by atoms with Gasteiger partial charge in [-0.15, -0.1) is 0 Å². The van der Waals surface area contributed by atoms with E-state index in [2.05, 4.69) is 10.3 Å². The number of nitrogens with one attached hydrogen (secondary N) is 1. The maximum atomic E-state index is 11.3. The highest BCUT2D eigenvalue weighted by Crippen LogP contribution is 2.00. The first-order chi connectivity index (χ1) is 7.29. The fraction of sp³-hybridized carbons (Fsp3) is 0.500. The summed E-state index contributed by atoms with van der Waals surface area (Å²) in [6.07, 6.45) is 4.84. The first-order valence-corrected chi connectivity index (χ1v) is 4.82. The van der Waals surface area contributed by atoms with Gasteiger partial charge in [-0.2, -0.15) is 10.1 Å². The Bertz CT molecular complexity index is 318. The Labute approximate surface area is 87.4 Å². The Kier molecular flexibility index (Phi) is 2.84. The van der Waals surface area contributed by atoms with Crippen LogP contribution < -0.4 is 16.2 Å². The molecule has 0 bridgehead atoms. The second kappa shape index (κ2) is 4.28. The monoisotopic (exact) mass is 210 g/mol. The van der Waals surface area contributed by atoms with Gasteiger partial charge in [-0.25, -0.2) is 14.5 Å². The molecule has 0 atom stereocenters. The summed E-state index contributed by atoms with van der Waals surface area (Å²) in [6.45, 7) is 3.19. The molecule has 7 heteroatoms. The number of amides is 2. The number of aromatic nitrogens is 2. The molecule has 15 heavy (non-hydrogen) atoms. The minimum atomic E-state index is -0.505. The number of hydrazine groups is 1. The number of carbonyl (C=O) groups is 1. The zero-order valence-electron chi connectivity index (χ0n) is 8.33. The standard InChI is InChI=1S/C8H14N6O/c9-8(15)14(13-6-3-11-7-13)12-4-1-10-2-5-12/h3,6-7,10H,1-2,4-5H2,(H2,9,15). The maximum Gasteiger partial charge on any atom is 0.349 e. The van der Waals surface area contributed by atoms with Crippen molar-refractivity contribution in [3.05, 3.63) is 18.7 Å². The molecule has 0 aliphatic carbocycles. The molecule has 1 aromatic rings. The lowest BCUT2D eigenvalue weighted by Crippen LogP contribution is -2.60. The smallest absolute Gasteiger partial charge is 0.349 e. The van der Waals surface area contributed by atoms with E-state index < -0.39 is 6.03 Å². The first-order valence-electron chi connectivity index (χ1n) is 4.82. The van der Waals surface area contributed by atoms with Gasteiger partial charge in [-0.05, 0) is 0 Å². The van der Waals surface area contributed by atoms with Crippen molar-refractivity contribution >= 4 is 6.03 Å². The van der Waals surface area contributed by atoms with Gasteiger partial charge in [-0.1, -0.05) is 0 Å². The van der Waals surface area contributed by atoms with Crippen LogP contribution in [0.15, 0.2) is 18.7 Å². The van der Waals surface area contributed by atoms with Crippen LogP contribution in [-0.4, -0.2) is 46.9 Å². The molecule has 1 saturated heterocycles. The third-order valence-electron chi connectivity index (χ3n) is 2.27. The molecule has 0 unspecified atom stereocenters. The highest BCUT2D eigenvalue weighted by atomic mass is 16.2. The molecule has 7 nitrogen and oxygen atoms in total. The van der Waals surface area contributed by atoms with Crippen LogP contribution in [0, 0.1) is 0 Å². The van der Waals surface area contributed by atoms with Crippen LogP contribution in [0.5, 0.6) is 0 Å². The van der Waals surface area contributed by atoms with Crippen LogP contribution in [0.2, 0.25) is 0 Å². The molecule has 2 rings (SSSR count). The Morgan fingerprint density at radius 1 is 1.47 bits per heavy atom. The molecule has 0 saturated carbocycles. The fourth-order valence-electron chi connectivity index (χ4n) is 1.61. The Balaban J connectivity index is 2.15. The first kappa shape index (κ1) is 9.94. The highest BCUT2D eigenvalue weighted by molar-refractivity contribution is 5.81. The summed E-state index contributed by atoms with van der Waals surface area (Å²) >= 11 is 0. The Morgan fingerprint density at radius 3 is 2.73 bits per heavy atom. The predicted molar refractivity (Wildman–Crippen MR) is 54.5 cm³/mol. The van der Waals surface area contributed by atoms with E-state index in [9.17, 15) is 4.79 Å². The van der Waals surface area contributed by atoms with Crippen LogP contribution in [0.25, 0.3) is 0 Å². The summed E-state index contributed by atoms with van der Waals surface area (Å²) in [4.78, 5) is 15.2. The number of nitrogens with two attached hydrogens (primary N) is 1. The summed E-state index contributed by atoms with van der Waals surface area (Å²) in [6, 6.07) is -0.505. The maximum absolute atomic E-state index is 11.3. The number of hydrogen-bond acceptors (Lipinski definition) is 4. The van der Waals surface area contributed by atoms with Crippen molar-refractivity contribution in [2.45, 2.75) is 0 Å². The average Bonchev–Trinajstić information content (AvgIpc) is 2.72. The molecular formula is C8H14N6O. The van der Waals surface area contributed by atoms with Gasteiger partial charge in [0.2, 0.25) is 0 Å². The molecule has 2 heterocycles. The normalized spacial score (nSPS) is 17.6. The van der Waals surface area contributed by atoms with Gasteiger partial charge in [0.15, 0.2) is 0 Å². The lowest BCUT2D eigenvalue weighted by atomic mass is 10.4. The van der Waals surface area contributed by atoms with Gasteiger partial charge in [0.05, 0.1) is 0 Å². The van der Waals surface area contributed by atoms with Gasteiger partial charge >= 0.3 is 6.03 Å². The quantitative estimate of drug-likeness (QED) is 0.637. The molecule has 0 spiro atoms. The topological polar surface area (TPSA) is 79.4 Å². The minimum Gasteiger partial charge on any atom is -0.349 e. The largest absolute Gasteiger partial charge is 0.349 e. The Morgan fingerprint density at radius 2 is 2.20 bits per heavy atom. The number of urea groups is 1. The SMILES string of the molecule is NC(=O)N(N1CCNCC1)n1ccnc1. The summed E-state index contributed by atoms with van der Waals surface area (Å²) in [7, 11) is 0. The fourth-order valence-corrected chi connectivity index (χ4v) is 1.61. The highest BCUT2D eigenvalue weighted by Gasteiger charge is 2.22. The van der Waals surface area contributed by atoms with E-state index in [1.807, 2.05) is 5.01 Å². The second-order valence-electron chi connectivity index (χ2n) is 3.27. The van der Waals surface area contributed by atoms with Crippen molar-refractivity contribution < 1.29 is 4.79 Å². The molecule has 1 aliphatic heterocycles. The van der Waals surface area contributed by atoms with Crippen LogP contribution in [0.4, 0.5) is 4.79 Å². The van der Waals surface area contributed by atoms with E-state index in [1.54, 1.807) is 23.4 Å². The van der Waals surface area contributed by atoms with Crippen molar-refractivity contribution in [3.8, 4) is 0 Å². The number of rotatable bonds is 2. The Hall–Kier alpha value is -1.60. The van der Waals surface area contributed by atoms with E-state index in [0.29, 0.717) is 0 Å². The summed E-state index contributed by atoms with van der Waals surface area (Å²) in [5.41, 5.74) is 5.34. The van der Waals surface area contributed by atoms with E-state index in [-0.39, 0.29) is 0 Å². The van der Waals surface area contributed by atoms with Gasteiger partial charge < -0.3 is 11.1 Å². The number of carbonyl (C=O) groups excluding carboxylic acids is 1. The van der Waals surface area contributed by atoms with Crippen molar-refractivity contribution in [2.75, 3.05) is 31.3 Å². The lowest BCUT2D eigenvalue weighted by Gasteiger charge is -2.36. The molecule has 2 amide bonds. The van der Waals surface area contributed by atoms with E-state index in [4.69, 9.17) is 5.73 Å². The van der Waals surface area contributed by atoms with Gasteiger partial charge in [-0.3, -0.25) is 0 Å². The summed E-state index contributed by atoms with van der Waals surface area (Å²) in [5.74, 6) is 0. The zero-order chi connectivity index (χ0) is 10.7. The zero-order valence-corrected chi connectivity index (χ0v) is 8.33. The van der Waals surface area contributed by atoms with Crippen molar-refractivity contribution in [1.82, 2.24) is 20.0 Å². The summed E-state index contributed by atoms with van der Waals surface area (Å²) < 4.78 is 1.58. The number of nitrogens with zero attached hydrogens (tertiary/aromatic N) is 4.